The lowest BCUT2D eigenvalue weighted by molar-refractivity contribution is -0.142. The number of nitrogens with zero attached hydrogens (tertiary/aromatic N) is 1. The summed E-state index contributed by atoms with van der Waals surface area (Å²) in [5, 5.41) is 0. The molecule has 0 amide bonds. The number of hydrogen-bond acceptors (Lipinski definition) is 14. The number of ether oxygens (including phenoxy) is 6. The molecule has 1 fully saturated rings. The minimum Gasteiger partial charge on any atom is -0.461 e. The van der Waals surface area contributed by atoms with Gasteiger partial charge in [0, 0.05) is 26.3 Å². The number of methoxy groups -OCH3 is 1. The van der Waals surface area contributed by atoms with Gasteiger partial charge in [-0.05, 0) is 36.2 Å². The predicted molar refractivity (Wildman–Crippen MR) is 176 cm³/mol. The monoisotopic (exact) mass is 720 g/mol. The average Bonchev–Trinajstić information content (AvgIpc) is 3.43. The Morgan fingerprint density at radius 1 is 0.900 bits per heavy atom. The Morgan fingerprint density at radius 2 is 1.58 bits per heavy atom. The van der Waals surface area contributed by atoms with Crippen LogP contribution in [0.3, 0.4) is 0 Å². The van der Waals surface area contributed by atoms with Crippen molar-refractivity contribution in [3.8, 4) is 5.75 Å². The molecular weight excluding hydrogens is 679 g/mol. The van der Waals surface area contributed by atoms with Gasteiger partial charge in [-0.1, -0.05) is 37.3 Å². The lowest BCUT2D eigenvalue weighted by atomic mass is 10.1. The first-order chi connectivity index (χ1) is 24.1. The van der Waals surface area contributed by atoms with Gasteiger partial charge in [0.1, 0.15) is 18.5 Å². The third kappa shape index (κ3) is 11.5. The number of hydrogen-bond donors (Lipinski definition) is 1. The van der Waals surface area contributed by atoms with Crippen molar-refractivity contribution in [3.05, 3.63) is 98.8 Å². The standard InChI is InChI=1S/C33H41N2O14P/c1-4-27-29(30(47-32(38)25-8-6-5-7-9-25)31(46-27)35-15-14-28(37)34-33(35)39)49-50(40,45-21-20-43-19-18-42-17-16-41-3)48-26-12-10-24(11-13-26)22-44-23(2)36/h5-15,27,29-31H,4,16-22H2,1-3H3,(H,34,37,39)/t27-,29?,30?,31-,50?/m1/s1. The van der Waals surface area contributed by atoms with E-state index in [2.05, 4.69) is 4.98 Å². The van der Waals surface area contributed by atoms with Gasteiger partial charge < -0.3 is 32.9 Å². The maximum Gasteiger partial charge on any atom is 0.530 e. The van der Waals surface area contributed by atoms with Crippen LogP contribution in [0, 0.1) is 0 Å². The molecule has 4 rings (SSSR count). The summed E-state index contributed by atoms with van der Waals surface area (Å²) < 4.78 is 66.0. The molecular formula is C33H41N2O14P. The number of aromatic nitrogens is 2. The second-order valence-electron chi connectivity index (χ2n) is 10.8. The number of phosphoric acid groups is 1. The first-order valence-corrected chi connectivity index (χ1v) is 17.3. The summed E-state index contributed by atoms with van der Waals surface area (Å²) in [6.07, 6.45) is -3.39. The van der Waals surface area contributed by atoms with Crippen LogP contribution in [0.5, 0.6) is 5.75 Å². The van der Waals surface area contributed by atoms with Crippen molar-refractivity contribution < 1.29 is 56.1 Å². The van der Waals surface area contributed by atoms with Gasteiger partial charge in [0.15, 0.2) is 12.3 Å². The zero-order valence-corrected chi connectivity index (χ0v) is 28.8. The fraction of sp³-hybridized carbons (Fsp3) is 0.455. The maximum absolute atomic E-state index is 14.4. The summed E-state index contributed by atoms with van der Waals surface area (Å²) in [7, 11) is -3.01. The number of benzene rings is 2. The van der Waals surface area contributed by atoms with Crippen molar-refractivity contribution >= 4 is 19.8 Å². The van der Waals surface area contributed by atoms with Crippen LogP contribution in [0.4, 0.5) is 0 Å². The van der Waals surface area contributed by atoms with E-state index in [4.69, 9.17) is 42.0 Å². The highest BCUT2D eigenvalue weighted by molar-refractivity contribution is 7.49. The van der Waals surface area contributed by atoms with Crippen LogP contribution in [0.25, 0.3) is 0 Å². The lowest BCUT2D eigenvalue weighted by Crippen LogP contribution is -2.41. The van der Waals surface area contributed by atoms with Gasteiger partial charge in [-0.15, -0.1) is 0 Å². The fourth-order valence-electron chi connectivity index (χ4n) is 4.77. The van der Waals surface area contributed by atoms with Crippen LogP contribution in [0.15, 0.2) is 76.4 Å². The molecule has 3 unspecified atom stereocenters. The molecule has 1 saturated heterocycles. The largest absolute Gasteiger partial charge is 0.530 e. The first-order valence-electron chi connectivity index (χ1n) is 15.8. The van der Waals surface area contributed by atoms with Gasteiger partial charge in [0.25, 0.3) is 5.56 Å². The van der Waals surface area contributed by atoms with Crippen molar-refractivity contribution in [1.29, 1.82) is 0 Å². The molecule has 5 atom stereocenters. The molecule has 17 heteroatoms. The van der Waals surface area contributed by atoms with Crippen molar-refractivity contribution in [1.82, 2.24) is 9.55 Å². The number of phosphoric ester groups is 1. The molecule has 0 radical (unpaired) electrons. The van der Waals surface area contributed by atoms with E-state index < -0.39 is 55.6 Å². The quantitative estimate of drug-likeness (QED) is 0.102. The summed E-state index contributed by atoms with van der Waals surface area (Å²) in [4.78, 5) is 51.4. The summed E-state index contributed by atoms with van der Waals surface area (Å²) in [5.41, 5.74) is -0.628. The second kappa shape index (κ2) is 19.3. The fourth-order valence-corrected chi connectivity index (χ4v) is 6.16. The van der Waals surface area contributed by atoms with E-state index in [0.717, 1.165) is 10.6 Å². The zero-order chi connectivity index (χ0) is 35.9. The Kier molecular flexibility index (Phi) is 14.9. The van der Waals surface area contributed by atoms with Crippen LogP contribution < -0.4 is 15.8 Å². The van der Waals surface area contributed by atoms with E-state index in [1.165, 1.54) is 37.4 Å². The summed E-state index contributed by atoms with van der Waals surface area (Å²) in [5.74, 6) is -1.13. The number of carbonyl (C=O) groups is 2. The van der Waals surface area contributed by atoms with E-state index in [9.17, 15) is 23.7 Å². The van der Waals surface area contributed by atoms with E-state index >= 15 is 0 Å². The Bertz CT molecular complexity index is 1680. The molecule has 0 spiro atoms. The Labute approximate surface area is 288 Å². The van der Waals surface area contributed by atoms with E-state index in [0.29, 0.717) is 25.4 Å². The molecule has 0 saturated carbocycles. The number of carbonyl (C=O) groups excluding carboxylic acids is 2. The molecule has 272 valence electrons. The van der Waals surface area contributed by atoms with E-state index in [-0.39, 0.29) is 44.2 Å². The molecule has 16 nitrogen and oxygen atoms in total. The number of aromatic amines is 1. The van der Waals surface area contributed by atoms with Crippen molar-refractivity contribution in [2.24, 2.45) is 0 Å². The summed E-state index contributed by atoms with van der Waals surface area (Å²) in [6.45, 7) is 4.19. The highest BCUT2D eigenvalue weighted by Gasteiger charge is 2.52. The number of rotatable bonds is 20. The highest BCUT2D eigenvalue weighted by atomic mass is 31.2. The van der Waals surface area contributed by atoms with Crippen LogP contribution in [-0.2, 0) is 53.4 Å². The molecule has 1 aliphatic rings. The molecule has 3 aromatic rings. The summed E-state index contributed by atoms with van der Waals surface area (Å²) in [6, 6.07) is 15.4. The maximum atomic E-state index is 14.4. The normalized spacial score (nSPS) is 19.8. The second-order valence-corrected chi connectivity index (χ2v) is 12.4. The number of nitrogens with one attached hydrogen (secondary N) is 1. The van der Waals surface area contributed by atoms with Gasteiger partial charge in [0.05, 0.1) is 51.3 Å². The Hall–Kier alpha value is -4.15. The molecule has 0 aliphatic carbocycles. The van der Waals surface area contributed by atoms with E-state index in [1.54, 1.807) is 44.4 Å². The van der Waals surface area contributed by atoms with Gasteiger partial charge in [0.2, 0.25) is 0 Å². The molecule has 1 aliphatic heterocycles. The molecule has 1 aromatic heterocycles. The highest BCUT2D eigenvalue weighted by Crippen LogP contribution is 2.53. The van der Waals surface area contributed by atoms with Crippen LogP contribution in [-0.4, -0.2) is 86.6 Å². The first kappa shape index (κ1) is 38.6. The molecule has 2 aromatic carbocycles. The smallest absolute Gasteiger partial charge is 0.461 e. The van der Waals surface area contributed by atoms with Gasteiger partial charge in [-0.2, -0.15) is 0 Å². The zero-order valence-electron chi connectivity index (χ0n) is 27.9. The minimum atomic E-state index is -4.58. The van der Waals surface area contributed by atoms with Crippen LogP contribution >= 0.6 is 7.82 Å². The SMILES string of the molecule is CC[C@H]1O[C@@H](n2ccc(=O)[nH]c2=O)C(OC(=O)c2ccccc2)C1OP(=O)(OCCOCCOCCOC)Oc1ccc(COC(C)=O)cc1. The van der Waals surface area contributed by atoms with Crippen LogP contribution in [0.1, 0.15) is 42.4 Å². The molecule has 1 N–H and O–H groups in total. The molecule has 50 heavy (non-hydrogen) atoms. The molecule has 0 bridgehead atoms. The summed E-state index contributed by atoms with van der Waals surface area (Å²) >= 11 is 0. The Morgan fingerprint density at radius 3 is 2.22 bits per heavy atom. The number of H-pyrrole nitrogens is 1. The number of esters is 2. The minimum absolute atomic E-state index is 0.00807. The third-order valence-electron chi connectivity index (χ3n) is 7.18. The van der Waals surface area contributed by atoms with Crippen molar-refractivity contribution in [2.45, 2.75) is 51.4 Å². The molecule has 2 heterocycles. The van der Waals surface area contributed by atoms with Crippen molar-refractivity contribution in [3.63, 3.8) is 0 Å². The van der Waals surface area contributed by atoms with E-state index in [1.807, 2.05) is 0 Å². The lowest BCUT2D eigenvalue weighted by Gasteiger charge is -2.28. The third-order valence-corrected chi connectivity index (χ3v) is 8.62. The Balaban J connectivity index is 1.60. The van der Waals surface area contributed by atoms with Gasteiger partial charge in [-0.25, -0.2) is 14.2 Å². The predicted octanol–water partition coefficient (Wildman–Crippen LogP) is 3.40. The van der Waals surface area contributed by atoms with Gasteiger partial charge in [-0.3, -0.25) is 28.2 Å². The van der Waals surface area contributed by atoms with Gasteiger partial charge >= 0.3 is 25.5 Å². The average molecular weight is 721 g/mol. The van der Waals surface area contributed by atoms with Crippen LogP contribution in [0.2, 0.25) is 0 Å². The van der Waals surface area contributed by atoms with Crippen molar-refractivity contribution in [2.75, 3.05) is 46.8 Å². The topological polar surface area (TPSA) is 189 Å².